The fraction of sp³-hybridized carbons (Fsp3) is 0.409. The molecule has 0 aliphatic carbocycles. The van der Waals surface area contributed by atoms with Gasteiger partial charge in [-0.25, -0.2) is 4.79 Å². The van der Waals surface area contributed by atoms with Crippen LogP contribution < -0.4 is 0 Å². The Morgan fingerprint density at radius 1 is 1.19 bits per heavy atom. The van der Waals surface area contributed by atoms with Crippen LogP contribution >= 0.6 is 0 Å². The Hall–Kier alpha value is -2.17. The first kappa shape index (κ1) is 18.6. The van der Waals surface area contributed by atoms with Gasteiger partial charge in [0.05, 0.1) is 25.4 Å². The fourth-order valence-corrected chi connectivity index (χ4v) is 2.79. The number of aryl methyl sites for hydroxylation is 1. The summed E-state index contributed by atoms with van der Waals surface area (Å²) in [7, 11) is 0. The first-order chi connectivity index (χ1) is 12.3. The van der Waals surface area contributed by atoms with Crippen LogP contribution in [0.2, 0.25) is 0 Å². The Bertz CT molecular complexity index is 785. The predicted molar refractivity (Wildman–Crippen MR) is 101 cm³/mol. The van der Waals surface area contributed by atoms with Crippen molar-refractivity contribution in [1.29, 1.82) is 0 Å². The van der Waals surface area contributed by atoms with Gasteiger partial charge in [-0.2, -0.15) is 0 Å². The Balaban J connectivity index is 1.79. The molecule has 1 aliphatic rings. The second-order valence-electron chi connectivity index (χ2n) is 7.66. The molecule has 2 aromatic rings. The molecule has 1 saturated heterocycles. The van der Waals surface area contributed by atoms with E-state index in [1.807, 2.05) is 58.0 Å². The number of hydrogen-bond acceptors (Lipinski definition) is 4. The number of esters is 1. The zero-order valence-electron chi connectivity index (χ0n) is 15.9. The van der Waals surface area contributed by atoms with Crippen LogP contribution in [0.1, 0.15) is 42.3 Å². The van der Waals surface area contributed by atoms with E-state index >= 15 is 0 Å². The molecule has 0 radical (unpaired) electrons. The second-order valence-corrected chi connectivity index (χ2v) is 7.66. The van der Waals surface area contributed by atoms with Crippen LogP contribution in [0.4, 0.5) is 0 Å². The van der Waals surface area contributed by atoms with Gasteiger partial charge in [0, 0.05) is 0 Å². The maximum Gasteiger partial charge on any atom is 0.338 e. The predicted octanol–water partition coefficient (Wildman–Crippen LogP) is 4.53. The van der Waals surface area contributed by atoms with Crippen LogP contribution in [0.3, 0.4) is 0 Å². The van der Waals surface area contributed by atoms with E-state index in [4.69, 9.17) is 14.2 Å². The summed E-state index contributed by atoms with van der Waals surface area (Å²) < 4.78 is 16.4. The van der Waals surface area contributed by atoms with E-state index in [0.717, 1.165) is 28.9 Å². The number of carbonyl (C=O) groups is 1. The minimum absolute atomic E-state index is 0.262. The molecule has 138 valence electrons. The summed E-state index contributed by atoms with van der Waals surface area (Å²) in [6.07, 6.45) is 0.262. The van der Waals surface area contributed by atoms with E-state index in [1.165, 1.54) is 0 Å². The molecule has 1 aliphatic heterocycles. The first-order valence-electron chi connectivity index (χ1n) is 8.95. The lowest BCUT2D eigenvalue weighted by Crippen LogP contribution is -2.24. The first-order valence-corrected chi connectivity index (χ1v) is 8.95. The Morgan fingerprint density at radius 2 is 1.92 bits per heavy atom. The van der Waals surface area contributed by atoms with Gasteiger partial charge in [0.15, 0.2) is 0 Å². The van der Waals surface area contributed by atoms with Crippen molar-refractivity contribution in [3.8, 4) is 11.1 Å². The molecular weight excluding hydrogens is 328 g/mol. The molecule has 0 amide bonds. The third-order valence-electron chi connectivity index (χ3n) is 4.14. The van der Waals surface area contributed by atoms with Gasteiger partial charge < -0.3 is 14.2 Å². The Labute approximate surface area is 155 Å². The number of carbonyl (C=O) groups excluding carboxylic acids is 1. The van der Waals surface area contributed by atoms with Gasteiger partial charge in [-0.1, -0.05) is 36.4 Å². The average Bonchev–Trinajstić information content (AvgIpc) is 3.38. The maximum absolute atomic E-state index is 12.4. The smallest absolute Gasteiger partial charge is 0.338 e. The van der Waals surface area contributed by atoms with Crippen molar-refractivity contribution in [2.75, 3.05) is 13.2 Å². The third-order valence-corrected chi connectivity index (χ3v) is 4.14. The largest absolute Gasteiger partial charge is 0.456 e. The molecule has 1 fully saturated rings. The molecule has 3 rings (SSSR count). The second kappa shape index (κ2) is 7.60. The molecule has 0 bridgehead atoms. The summed E-state index contributed by atoms with van der Waals surface area (Å²) in [4.78, 5) is 12.4. The van der Waals surface area contributed by atoms with Crippen molar-refractivity contribution in [2.24, 2.45) is 0 Å². The molecule has 1 unspecified atom stereocenters. The molecular formula is C22H26O4. The third kappa shape index (κ3) is 4.93. The van der Waals surface area contributed by atoms with E-state index < -0.39 is 5.60 Å². The normalized spacial score (nSPS) is 16.4. The summed E-state index contributed by atoms with van der Waals surface area (Å²) in [6.45, 7) is 9.53. The van der Waals surface area contributed by atoms with E-state index in [9.17, 15) is 4.79 Å². The van der Waals surface area contributed by atoms with Gasteiger partial charge in [0.1, 0.15) is 11.7 Å². The van der Waals surface area contributed by atoms with Crippen molar-refractivity contribution in [2.45, 2.75) is 46.0 Å². The summed E-state index contributed by atoms with van der Waals surface area (Å²) in [5.41, 5.74) is 4.30. The van der Waals surface area contributed by atoms with Crippen molar-refractivity contribution >= 4 is 5.97 Å². The van der Waals surface area contributed by atoms with E-state index in [0.29, 0.717) is 18.8 Å². The molecule has 2 aromatic carbocycles. The van der Waals surface area contributed by atoms with Gasteiger partial charge >= 0.3 is 5.97 Å². The summed E-state index contributed by atoms with van der Waals surface area (Å²) in [5.74, 6) is -0.289. The fourth-order valence-electron chi connectivity index (χ4n) is 2.79. The van der Waals surface area contributed by atoms with Crippen LogP contribution in [0, 0.1) is 6.92 Å². The highest BCUT2D eigenvalue weighted by molar-refractivity contribution is 5.92. The van der Waals surface area contributed by atoms with Crippen LogP contribution in [-0.2, 0) is 20.8 Å². The molecule has 26 heavy (non-hydrogen) atoms. The summed E-state index contributed by atoms with van der Waals surface area (Å²) >= 11 is 0. The highest BCUT2D eigenvalue weighted by Gasteiger charge is 2.22. The van der Waals surface area contributed by atoms with Crippen molar-refractivity contribution in [3.63, 3.8) is 0 Å². The number of rotatable bonds is 6. The molecule has 0 saturated carbocycles. The van der Waals surface area contributed by atoms with Gasteiger partial charge in [0.2, 0.25) is 0 Å². The average molecular weight is 354 g/mol. The van der Waals surface area contributed by atoms with Crippen molar-refractivity contribution in [3.05, 3.63) is 59.2 Å². The van der Waals surface area contributed by atoms with Crippen LogP contribution in [0.5, 0.6) is 0 Å². The maximum atomic E-state index is 12.4. The lowest BCUT2D eigenvalue weighted by Gasteiger charge is -2.20. The van der Waals surface area contributed by atoms with Crippen LogP contribution in [0.25, 0.3) is 11.1 Å². The standard InChI is InChI=1S/C22H26O4/c1-15-11-16(9-10-19(15)21(23)26-22(2,3)4)20-8-6-5-7-17(20)12-24-13-18-14-25-18/h5-11,18H,12-14H2,1-4H3. The van der Waals surface area contributed by atoms with Gasteiger partial charge in [-0.3, -0.25) is 0 Å². The Kier molecular flexibility index (Phi) is 5.44. The SMILES string of the molecule is Cc1cc(-c2ccccc2COCC2CO2)ccc1C(=O)OC(C)(C)C. The summed E-state index contributed by atoms with van der Waals surface area (Å²) in [6, 6.07) is 14.0. The van der Waals surface area contributed by atoms with Crippen molar-refractivity contribution in [1.82, 2.24) is 0 Å². The monoisotopic (exact) mass is 354 g/mol. The van der Waals surface area contributed by atoms with Crippen molar-refractivity contribution < 1.29 is 19.0 Å². The van der Waals surface area contributed by atoms with Crippen LogP contribution in [0.15, 0.2) is 42.5 Å². The highest BCUT2D eigenvalue weighted by atomic mass is 16.6. The quantitative estimate of drug-likeness (QED) is 0.565. The molecule has 4 heteroatoms. The van der Waals surface area contributed by atoms with E-state index in [-0.39, 0.29) is 12.1 Å². The topological polar surface area (TPSA) is 48.1 Å². The van der Waals surface area contributed by atoms with Gasteiger partial charge in [0.25, 0.3) is 0 Å². The lowest BCUT2D eigenvalue weighted by molar-refractivity contribution is 0.00688. The minimum atomic E-state index is -0.503. The van der Waals surface area contributed by atoms with E-state index in [2.05, 4.69) is 12.1 Å². The molecule has 1 heterocycles. The molecule has 1 atom stereocenters. The number of hydrogen-bond donors (Lipinski definition) is 0. The lowest BCUT2D eigenvalue weighted by atomic mass is 9.96. The van der Waals surface area contributed by atoms with E-state index in [1.54, 1.807) is 0 Å². The number of benzene rings is 2. The molecule has 0 aromatic heterocycles. The minimum Gasteiger partial charge on any atom is -0.456 e. The van der Waals surface area contributed by atoms with Crippen LogP contribution in [-0.4, -0.2) is 30.9 Å². The molecule has 4 nitrogen and oxygen atoms in total. The zero-order valence-corrected chi connectivity index (χ0v) is 15.9. The van der Waals surface area contributed by atoms with Gasteiger partial charge in [-0.05, 0) is 56.0 Å². The highest BCUT2D eigenvalue weighted by Crippen LogP contribution is 2.27. The zero-order chi connectivity index (χ0) is 18.7. The Morgan fingerprint density at radius 3 is 2.58 bits per heavy atom. The number of epoxide rings is 1. The molecule has 0 N–H and O–H groups in total. The van der Waals surface area contributed by atoms with Gasteiger partial charge in [-0.15, -0.1) is 0 Å². The summed E-state index contributed by atoms with van der Waals surface area (Å²) in [5, 5.41) is 0. The molecule has 0 spiro atoms. The number of ether oxygens (including phenoxy) is 3.